The Hall–Kier alpha value is -3.09. The lowest BCUT2D eigenvalue weighted by Gasteiger charge is -2.19. The van der Waals surface area contributed by atoms with E-state index in [0.29, 0.717) is 24.5 Å². The van der Waals surface area contributed by atoms with Crippen LogP contribution in [0.3, 0.4) is 0 Å². The summed E-state index contributed by atoms with van der Waals surface area (Å²) in [6, 6.07) is 9.66. The highest BCUT2D eigenvalue weighted by Gasteiger charge is 2.32. The van der Waals surface area contributed by atoms with E-state index < -0.39 is 0 Å². The van der Waals surface area contributed by atoms with Crippen LogP contribution in [0.15, 0.2) is 30.3 Å². The highest BCUT2D eigenvalue weighted by atomic mass is 16.5. The molecule has 1 saturated heterocycles. The third-order valence-corrected chi connectivity index (χ3v) is 6.17. The van der Waals surface area contributed by atoms with Crippen LogP contribution in [0.25, 0.3) is 0 Å². The van der Waals surface area contributed by atoms with Crippen LogP contribution >= 0.6 is 0 Å². The number of ether oxygens (including phenoxy) is 2. The van der Waals surface area contributed by atoms with Gasteiger partial charge in [-0.1, -0.05) is 6.07 Å². The van der Waals surface area contributed by atoms with Crippen molar-refractivity contribution >= 4 is 17.6 Å². The Kier molecular flexibility index (Phi) is 6.63. The first-order chi connectivity index (χ1) is 15.4. The van der Waals surface area contributed by atoms with Crippen LogP contribution in [0.1, 0.15) is 54.8 Å². The molecule has 1 unspecified atom stereocenters. The van der Waals surface area contributed by atoms with Gasteiger partial charge >= 0.3 is 0 Å². The number of benzene rings is 1. The van der Waals surface area contributed by atoms with Gasteiger partial charge in [0.1, 0.15) is 5.82 Å². The second kappa shape index (κ2) is 9.59. The third kappa shape index (κ3) is 5.21. The molecule has 170 valence electrons. The first-order valence-electron chi connectivity index (χ1n) is 11.3. The minimum atomic E-state index is -0.239. The lowest BCUT2D eigenvalue weighted by molar-refractivity contribution is -0.131. The molecule has 2 fully saturated rings. The molecule has 1 aliphatic carbocycles. The van der Waals surface area contributed by atoms with Gasteiger partial charge in [0.2, 0.25) is 11.8 Å². The van der Waals surface area contributed by atoms with Gasteiger partial charge in [-0.3, -0.25) is 9.59 Å². The molecule has 4 rings (SSSR count). The zero-order valence-electron chi connectivity index (χ0n) is 19.0. The third-order valence-electron chi connectivity index (χ3n) is 6.17. The van der Waals surface area contributed by atoms with Gasteiger partial charge in [0.05, 0.1) is 19.8 Å². The maximum atomic E-state index is 12.6. The van der Waals surface area contributed by atoms with Crippen LogP contribution in [0.4, 0.5) is 5.82 Å². The molecule has 1 N–H and O–H groups in total. The van der Waals surface area contributed by atoms with Gasteiger partial charge < -0.3 is 19.7 Å². The van der Waals surface area contributed by atoms with E-state index in [1.54, 1.807) is 12.0 Å². The normalized spacial score (nSPS) is 18.8. The summed E-state index contributed by atoms with van der Waals surface area (Å²) < 4.78 is 11.7. The summed E-state index contributed by atoms with van der Waals surface area (Å²) in [6.45, 7) is 4.36. The average Bonchev–Trinajstić information content (AvgIpc) is 3.37. The SMILES string of the molecule is COc1ccc(C2CC(=O)N(CC(=O)Nc3cc(C)cc(C)n3)C2)cc1OC1CCCC1. The van der Waals surface area contributed by atoms with Crippen molar-refractivity contribution in [2.75, 3.05) is 25.5 Å². The van der Waals surface area contributed by atoms with Crippen molar-refractivity contribution in [3.63, 3.8) is 0 Å². The topological polar surface area (TPSA) is 80.8 Å². The zero-order chi connectivity index (χ0) is 22.7. The molecule has 7 nitrogen and oxygen atoms in total. The van der Waals surface area contributed by atoms with Gasteiger partial charge in [-0.25, -0.2) is 4.98 Å². The Balaban J connectivity index is 1.41. The summed E-state index contributed by atoms with van der Waals surface area (Å²) in [5.74, 6) is 1.72. The quantitative estimate of drug-likeness (QED) is 0.709. The predicted octanol–water partition coefficient (Wildman–Crippen LogP) is 3.98. The minimum absolute atomic E-state index is 0.0194. The van der Waals surface area contributed by atoms with Crippen molar-refractivity contribution in [1.29, 1.82) is 0 Å². The highest BCUT2D eigenvalue weighted by Crippen LogP contribution is 2.37. The van der Waals surface area contributed by atoms with Crippen molar-refractivity contribution in [1.82, 2.24) is 9.88 Å². The number of methoxy groups -OCH3 is 1. The molecule has 0 radical (unpaired) electrons. The van der Waals surface area contributed by atoms with E-state index in [1.807, 2.05) is 44.2 Å². The van der Waals surface area contributed by atoms with E-state index in [9.17, 15) is 9.59 Å². The number of hydrogen-bond acceptors (Lipinski definition) is 5. The van der Waals surface area contributed by atoms with E-state index in [1.165, 1.54) is 12.8 Å². The first kappa shape index (κ1) is 22.1. The van der Waals surface area contributed by atoms with Gasteiger partial charge in [0, 0.05) is 24.6 Å². The van der Waals surface area contributed by atoms with Gasteiger partial charge in [0.25, 0.3) is 0 Å². The summed E-state index contributed by atoms with van der Waals surface area (Å²) >= 11 is 0. The Bertz CT molecular complexity index is 980. The molecular weight excluding hydrogens is 406 g/mol. The molecular formula is C25H31N3O4. The van der Waals surface area contributed by atoms with Crippen LogP contribution < -0.4 is 14.8 Å². The molecule has 1 aromatic heterocycles. The van der Waals surface area contributed by atoms with Gasteiger partial charge in [-0.15, -0.1) is 0 Å². The van der Waals surface area contributed by atoms with E-state index in [2.05, 4.69) is 10.3 Å². The number of aromatic nitrogens is 1. The zero-order valence-corrected chi connectivity index (χ0v) is 19.0. The number of likely N-dealkylation sites (tertiary alicyclic amines) is 1. The van der Waals surface area contributed by atoms with Gasteiger partial charge in [-0.05, 0) is 74.9 Å². The average molecular weight is 438 g/mol. The molecule has 1 atom stereocenters. The number of aryl methyl sites for hydroxylation is 2. The summed E-state index contributed by atoms with van der Waals surface area (Å²) in [6.07, 6.45) is 5.12. The van der Waals surface area contributed by atoms with Crippen LogP contribution in [0.5, 0.6) is 11.5 Å². The number of carbonyl (C=O) groups excluding carboxylic acids is 2. The summed E-state index contributed by atoms with van der Waals surface area (Å²) in [5.41, 5.74) is 2.90. The lowest BCUT2D eigenvalue weighted by atomic mass is 9.98. The fourth-order valence-corrected chi connectivity index (χ4v) is 4.63. The molecule has 2 aliphatic rings. The second-order valence-electron chi connectivity index (χ2n) is 8.83. The van der Waals surface area contributed by atoms with E-state index in [4.69, 9.17) is 9.47 Å². The summed E-state index contributed by atoms with van der Waals surface area (Å²) in [7, 11) is 1.64. The first-order valence-corrected chi connectivity index (χ1v) is 11.3. The van der Waals surface area contributed by atoms with Crippen molar-refractivity contribution in [2.45, 2.75) is 58.0 Å². The maximum Gasteiger partial charge on any atom is 0.245 e. The van der Waals surface area contributed by atoms with Crippen LogP contribution in [0, 0.1) is 13.8 Å². The molecule has 0 bridgehead atoms. The molecule has 32 heavy (non-hydrogen) atoms. The molecule has 1 saturated carbocycles. The van der Waals surface area contributed by atoms with Crippen LogP contribution in [0.2, 0.25) is 0 Å². The monoisotopic (exact) mass is 437 g/mol. The number of pyridine rings is 1. The number of hydrogen-bond donors (Lipinski definition) is 1. The fourth-order valence-electron chi connectivity index (χ4n) is 4.63. The Morgan fingerprint density at radius 1 is 1.16 bits per heavy atom. The maximum absolute atomic E-state index is 12.6. The predicted molar refractivity (Wildman–Crippen MR) is 122 cm³/mol. The molecule has 7 heteroatoms. The van der Waals surface area contributed by atoms with Crippen LogP contribution in [-0.4, -0.2) is 48.0 Å². The van der Waals surface area contributed by atoms with E-state index in [-0.39, 0.29) is 30.4 Å². The molecule has 2 heterocycles. The number of rotatable bonds is 7. The summed E-state index contributed by atoms with van der Waals surface area (Å²) in [5, 5.41) is 2.81. The summed E-state index contributed by atoms with van der Waals surface area (Å²) in [4.78, 5) is 31.1. The van der Waals surface area contributed by atoms with E-state index >= 15 is 0 Å². The van der Waals surface area contributed by atoms with Crippen molar-refractivity contribution in [2.24, 2.45) is 0 Å². The highest BCUT2D eigenvalue weighted by molar-refractivity contribution is 5.94. The Morgan fingerprint density at radius 2 is 1.94 bits per heavy atom. The lowest BCUT2D eigenvalue weighted by Crippen LogP contribution is -2.34. The number of amides is 2. The molecule has 2 aromatic rings. The van der Waals surface area contributed by atoms with Crippen molar-refractivity contribution in [3.05, 3.63) is 47.2 Å². The number of carbonyl (C=O) groups is 2. The largest absolute Gasteiger partial charge is 0.493 e. The Labute approximate surface area is 189 Å². The number of nitrogens with zero attached hydrogens (tertiary/aromatic N) is 2. The number of anilines is 1. The standard InChI is InChI=1S/C25H31N3O4/c1-16-10-17(2)26-23(11-16)27-24(29)15-28-14-19(13-25(28)30)18-8-9-21(31-3)22(12-18)32-20-6-4-5-7-20/h8-12,19-20H,4-7,13-15H2,1-3H3,(H,26,27,29). The van der Waals surface area contributed by atoms with Crippen LogP contribution in [-0.2, 0) is 9.59 Å². The molecule has 0 spiro atoms. The van der Waals surface area contributed by atoms with E-state index in [0.717, 1.165) is 35.4 Å². The van der Waals surface area contributed by atoms with Crippen molar-refractivity contribution in [3.8, 4) is 11.5 Å². The van der Waals surface area contributed by atoms with Gasteiger partial charge in [0.15, 0.2) is 11.5 Å². The molecule has 2 amide bonds. The minimum Gasteiger partial charge on any atom is -0.493 e. The molecule has 1 aliphatic heterocycles. The Morgan fingerprint density at radius 3 is 2.66 bits per heavy atom. The second-order valence-corrected chi connectivity index (χ2v) is 8.83. The fraction of sp³-hybridized carbons (Fsp3) is 0.480. The van der Waals surface area contributed by atoms with Crippen molar-refractivity contribution < 1.29 is 19.1 Å². The van der Waals surface area contributed by atoms with Gasteiger partial charge in [-0.2, -0.15) is 0 Å². The number of nitrogens with one attached hydrogen (secondary N) is 1. The molecule has 1 aromatic carbocycles. The smallest absolute Gasteiger partial charge is 0.245 e.